The third-order valence-electron chi connectivity index (χ3n) is 3.90. The molecule has 1 fully saturated rings. The van der Waals surface area contributed by atoms with Gasteiger partial charge in [-0.05, 0) is 43.9 Å². The average Bonchev–Trinajstić information content (AvgIpc) is 2.88. The zero-order valence-electron chi connectivity index (χ0n) is 11.4. The first-order chi connectivity index (χ1) is 9.24. The molecule has 0 spiro atoms. The fraction of sp³-hybridized carbons (Fsp3) is 0.438. The third-order valence-corrected chi connectivity index (χ3v) is 3.90. The number of aryl methyl sites for hydroxylation is 1. The van der Waals surface area contributed by atoms with Gasteiger partial charge < -0.3 is 10.5 Å². The molecule has 1 aromatic heterocycles. The molecule has 1 aromatic carbocycles. The molecule has 2 N–H and O–H groups in total. The Hall–Kier alpha value is -1.77. The summed E-state index contributed by atoms with van der Waals surface area (Å²) in [4.78, 5) is 4.52. The van der Waals surface area contributed by atoms with E-state index in [2.05, 4.69) is 4.98 Å². The van der Waals surface area contributed by atoms with Crippen LogP contribution in [0.25, 0.3) is 10.9 Å². The quantitative estimate of drug-likeness (QED) is 0.911. The Bertz CT molecular complexity index is 589. The zero-order valence-corrected chi connectivity index (χ0v) is 11.4. The Labute approximate surface area is 113 Å². The van der Waals surface area contributed by atoms with Crippen molar-refractivity contribution in [2.24, 2.45) is 5.92 Å². The summed E-state index contributed by atoms with van der Waals surface area (Å²) in [6.07, 6.45) is 5.26. The van der Waals surface area contributed by atoms with Gasteiger partial charge in [0.2, 0.25) is 0 Å². The number of anilines is 1. The molecular formula is C16H20N2O. The van der Waals surface area contributed by atoms with Crippen LogP contribution in [0.2, 0.25) is 0 Å². The second-order valence-corrected chi connectivity index (χ2v) is 5.46. The number of pyridine rings is 1. The van der Waals surface area contributed by atoms with Crippen LogP contribution in [0, 0.1) is 12.8 Å². The van der Waals surface area contributed by atoms with Gasteiger partial charge in [-0.1, -0.05) is 18.9 Å². The number of nitrogen functional groups attached to an aromatic ring is 1. The second kappa shape index (κ2) is 5.08. The summed E-state index contributed by atoms with van der Waals surface area (Å²) < 4.78 is 6.00. The maximum atomic E-state index is 6.12. The molecule has 3 nitrogen and oxygen atoms in total. The summed E-state index contributed by atoms with van der Waals surface area (Å²) in [5.41, 5.74) is 8.74. The van der Waals surface area contributed by atoms with Crippen molar-refractivity contribution in [1.82, 2.24) is 4.98 Å². The van der Waals surface area contributed by atoms with Crippen LogP contribution in [0.5, 0.6) is 5.75 Å². The molecular weight excluding hydrogens is 236 g/mol. The van der Waals surface area contributed by atoms with Crippen LogP contribution in [0.4, 0.5) is 5.69 Å². The van der Waals surface area contributed by atoms with E-state index in [9.17, 15) is 0 Å². The minimum absolute atomic E-state index is 0.704. The van der Waals surface area contributed by atoms with Gasteiger partial charge in [0.25, 0.3) is 0 Å². The topological polar surface area (TPSA) is 48.1 Å². The first-order valence-corrected chi connectivity index (χ1v) is 7.02. The number of benzene rings is 1. The number of ether oxygens (including phenoxy) is 1. The first-order valence-electron chi connectivity index (χ1n) is 7.02. The van der Waals surface area contributed by atoms with Crippen molar-refractivity contribution < 1.29 is 4.74 Å². The lowest BCUT2D eigenvalue weighted by Gasteiger charge is -2.14. The van der Waals surface area contributed by atoms with Crippen molar-refractivity contribution in [3.05, 3.63) is 30.0 Å². The molecule has 0 atom stereocenters. The summed E-state index contributed by atoms with van der Waals surface area (Å²) >= 11 is 0. The van der Waals surface area contributed by atoms with Crippen LogP contribution in [0.1, 0.15) is 31.4 Å². The summed E-state index contributed by atoms with van der Waals surface area (Å²) in [7, 11) is 0. The summed E-state index contributed by atoms with van der Waals surface area (Å²) in [5, 5.41) is 0.950. The van der Waals surface area contributed by atoms with Crippen LogP contribution < -0.4 is 10.5 Å². The minimum atomic E-state index is 0.704. The van der Waals surface area contributed by atoms with E-state index >= 15 is 0 Å². The van der Waals surface area contributed by atoms with E-state index in [1.165, 1.54) is 25.7 Å². The monoisotopic (exact) mass is 256 g/mol. The van der Waals surface area contributed by atoms with E-state index in [0.717, 1.165) is 34.6 Å². The van der Waals surface area contributed by atoms with Gasteiger partial charge >= 0.3 is 0 Å². The van der Waals surface area contributed by atoms with E-state index in [-0.39, 0.29) is 0 Å². The molecule has 0 amide bonds. The lowest BCUT2D eigenvalue weighted by atomic mass is 10.1. The number of hydrogen-bond acceptors (Lipinski definition) is 3. The van der Waals surface area contributed by atoms with Gasteiger partial charge in [0.05, 0.1) is 17.5 Å². The van der Waals surface area contributed by atoms with Gasteiger partial charge in [-0.25, -0.2) is 0 Å². The maximum Gasteiger partial charge on any atom is 0.130 e. The van der Waals surface area contributed by atoms with E-state index in [4.69, 9.17) is 10.5 Å². The van der Waals surface area contributed by atoms with Crippen molar-refractivity contribution in [2.45, 2.75) is 32.6 Å². The second-order valence-electron chi connectivity index (χ2n) is 5.46. The number of nitrogens with two attached hydrogens (primary N) is 1. The SMILES string of the molecule is Cc1cc(N)c2c(OCC3CCCC3)cccc2n1. The fourth-order valence-corrected chi connectivity index (χ4v) is 2.93. The molecule has 3 rings (SSSR count). The largest absolute Gasteiger partial charge is 0.493 e. The number of fused-ring (bicyclic) bond motifs is 1. The number of rotatable bonds is 3. The smallest absolute Gasteiger partial charge is 0.130 e. The molecule has 1 aliphatic rings. The molecule has 3 heteroatoms. The van der Waals surface area contributed by atoms with Crippen molar-refractivity contribution in [2.75, 3.05) is 12.3 Å². The Morgan fingerprint density at radius 3 is 2.89 bits per heavy atom. The van der Waals surface area contributed by atoms with Crippen LogP contribution in [-0.4, -0.2) is 11.6 Å². The van der Waals surface area contributed by atoms with Gasteiger partial charge in [0.15, 0.2) is 0 Å². The van der Waals surface area contributed by atoms with Crippen molar-refractivity contribution in [3.8, 4) is 5.75 Å². The van der Waals surface area contributed by atoms with Gasteiger partial charge in [0, 0.05) is 11.4 Å². The van der Waals surface area contributed by atoms with E-state index in [1.807, 2.05) is 31.2 Å². The molecule has 2 aromatic rings. The summed E-state index contributed by atoms with van der Waals surface area (Å²) in [6, 6.07) is 7.87. The average molecular weight is 256 g/mol. The zero-order chi connectivity index (χ0) is 13.2. The van der Waals surface area contributed by atoms with E-state index in [0.29, 0.717) is 5.92 Å². The molecule has 1 heterocycles. The van der Waals surface area contributed by atoms with Crippen LogP contribution in [0.15, 0.2) is 24.3 Å². The molecule has 0 radical (unpaired) electrons. The highest BCUT2D eigenvalue weighted by Gasteiger charge is 2.16. The highest BCUT2D eigenvalue weighted by Crippen LogP contribution is 2.32. The Balaban J connectivity index is 1.90. The van der Waals surface area contributed by atoms with Gasteiger partial charge in [0.1, 0.15) is 5.75 Å². The van der Waals surface area contributed by atoms with Gasteiger partial charge in [-0.3, -0.25) is 4.98 Å². The van der Waals surface area contributed by atoms with Gasteiger partial charge in [-0.2, -0.15) is 0 Å². The van der Waals surface area contributed by atoms with Crippen LogP contribution in [-0.2, 0) is 0 Å². The highest BCUT2D eigenvalue weighted by atomic mass is 16.5. The summed E-state index contributed by atoms with van der Waals surface area (Å²) in [6.45, 7) is 2.76. The predicted molar refractivity (Wildman–Crippen MR) is 78.3 cm³/mol. The van der Waals surface area contributed by atoms with E-state index in [1.54, 1.807) is 0 Å². The molecule has 0 aliphatic heterocycles. The summed E-state index contributed by atoms with van der Waals surface area (Å²) in [5.74, 6) is 1.57. The Morgan fingerprint density at radius 1 is 1.32 bits per heavy atom. The molecule has 1 saturated carbocycles. The predicted octanol–water partition coefficient (Wildman–Crippen LogP) is 3.69. The number of nitrogens with zero attached hydrogens (tertiary/aromatic N) is 1. The lowest BCUT2D eigenvalue weighted by molar-refractivity contribution is 0.255. The van der Waals surface area contributed by atoms with Crippen molar-refractivity contribution >= 4 is 16.6 Å². The number of hydrogen-bond donors (Lipinski definition) is 1. The first kappa shape index (κ1) is 12.3. The van der Waals surface area contributed by atoms with Crippen LogP contribution >= 0.6 is 0 Å². The van der Waals surface area contributed by atoms with Crippen molar-refractivity contribution in [1.29, 1.82) is 0 Å². The minimum Gasteiger partial charge on any atom is -0.493 e. The Kier molecular flexibility index (Phi) is 3.28. The van der Waals surface area contributed by atoms with Crippen molar-refractivity contribution in [3.63, 3.8) is 0 Å². The molecule has 19 heavy (non-hydrogen) atoms. The molecule has 0 saturated heterocycles. The molecule has 100 valence electrons. The van der Waals surface area contributed by atoms with E-state index < -0.39 is 0 Å². The molecule has 0 unspecified atom stereocenters. The number of aromatic nitrogens is 1. The normalized spacial score (nSPS) is 16.1. The standard InChI is InChI=1S/C16H20N2O/c1-11-9-13(17)16-14(18-11)7-4-8-15(16)19-10-12-5-2-3-6-12/h4,7-9,12H,2-3,5-6,10H2,1H3,(H2,17,18). The molecule has 0 bridgehead atoms. The van der Waals surface area contributed by atoms with Gasteiger partial charge in [-0.15, -0.1) is 0 Å². The lowest BCUT2D eigenvalue weighted by Crippen LogP contribution is -2.08. The fourth-order valence-electron chi connectivity index (χ4n) is 2.93. The maximum absolute atomic E-state index is 6.12. The third kappa shape index (κ3) is 2.50. The Morgan fingerprint density at radius 2 is 2.11 bits per heavy atom. The highest BCUT2D eigenvalue weighted by molar-refractivity contribution is 5.95. The van der Waals surface area contributed by atoms with Crippen LogP contribution in [0.3, 0.4) is 0 Å². The molecule has 1 aliphatic carbocycles.